The summed E-state index contributed by atoms with van der Waals surface area (Å²) in [7, 11) is 0. The van der Waals surface area contributed by atoms with Gasteiger partial charge in [-0.15, -0.1) is 0 Å². The van der Waals surface area contributed by atoms with Gasteiger partial charge < -0.3 is 4.74 Å². The molecular weight excluding hydrogens is 352 g/mol. The Balaban J connectivity index is 2.97. The van der Waals surface area contributed by atoms with Crippen molar-refractivity contribution in [3.63, 3.8) is 0 Å². The summed E-state index contributed by atoms with van der Waals surface area (Å²) in [5, 5.41) is 0. The van der Waals surface area contributed by atoms with E-state index in [1.807, 2.05) is 6.61 Å². The second-order valence-electron chi connectivity index (χ2n) is 9.25. The van der Waals surface area contributed by atoms with Gasteiger partial charge in [0.2, 0.25) is 0 Å². The van der Waals surface area contributed by atoms with E-state index in [2.05, 4.69) is 13.8 Å². The third kappa shape index (κ3) is 28.0. The zero-order valence-electron chi connectivity index (χ0n) is 20.7. The molecule has 0 aromatic rings. The Morgan fingerprint density at radius 3 is 1.03 bits per heavy atom. The van der Waals surface area contributed by atoms with Gasteiger partial charge in [0.15, 0.2) is 0 Å². The molecule has 0 aromatic carbocycles. The minimum atomic E-state index is 0.912. The molecule has 0 atom stereocenters. The molecule has 0 saturated carbocycles. The van der Waals surface area contributed by atoms with Crippen LogP contribution in [0.25, 0.3) is 0 Å². The predicted molar refractivity (Wildman–Crippen MR) is 132 cm³/mol. The summed E-state index contributed by atoms with van der Waals surface area (Å²) in [6.45, 7) is 7.46. The van der Waals surface area contributed by atoms with Crippen molar-refractivity contribution in [2.75, 3.05) is 6.61 Å². The largest absolute Gasteiger partial charge is 0.376 e. The maximum atomic E-state index is 5.49. The zero-order valence-corrected chi connectivity index (χ0v) is 20.7. The van der Waals surface area contributed by atoms with Crippen LogP contribution in [0.2, 0.25) is 0 Å². The van der Waals surface area contributed by atoms with Crippen LogP contribution in [0.1, 0.15) is 168 Å². The van der Waals surface area contributed by atoms with E-state index in [-0.39, 0.29) is 0 Å². The molecule has 0 rings (SSSR count). The quantitative estimate of drug-likeness (QED) is 0.129. The summed E-state index contributed by atoms with van der Waals surface area (Å²) in [6, 6.07) is 0. The van der Waals surface area contributed by atoms with Crippen molar-refractivity contribution in [2.24, 2.45) is 0 Å². The van der Waals surface area contributed by atoms with Crippen molar-refractivity contribution in [1.29, 1.82) is 0 Å². The standard InChI is InChI=1S/C28H57O/c1-3-5-7-8-9-10-11-12-13-14-15-16-17-18-19-20-21-22-23-24-25-26-28-29-27-6-4-2/h28H,3-27H2,1-2H3. The van der Waals surface area contributed by atoms with E-state index in [1.165, 1.54) is 148 Å². The fraction of sp³-hybridized carbons (Fsp3) is 0.964. The molecule has 0 aliphatic heterocycles. The minimum absolute atomic E-state index is 0.912. The van der Waals surface area contributed by atoms with Gasteiger partial charge >= 0.3 is 0 Å². The first-order valence-corrected chi connectivity index (χ1v) is 13.8. The van der Waals surface area contributed by atoms with Crippen molar-refractivity contribution < 1.29 is 4.74 Å². The average molecular weight is 410 g/mol. The number of hydrogen-bond donors (Lipinski definition) is 0. The van der Waals surface area contributed by atoms with Crippen LogP contribution < -0.4 is 0 Å². The first kappa shape index (κ1) is 29.0. The van der Waals surface area contributed by atoms with Gasteiger partial charge in [-0.25, -0.2) is 0 Å². The molecule has 0 aliphatic carbocycles. The molecule has 0 saturated heterocycles. The molecule has 0 unspecified atom stereocenters. The van der Waals surface area contributed by atoms with E-state index in [9.17, 15) is 0 Å². The molecular formula is C28H57O. The Labute approximate surface area is 186 Å². The Bertz CT molecular complexity index is 237. The Hall–Kier alpha value is -0.0400. The number of ether oxygens (including phenoxy) is 1. The lowest BCUT2D eigenvalue weighted by Gasteiger charge is -2.04. The summed E-state index contributed by atoms with van der Waals surface area (Å²) >= 11 is 0. The SMILES string of the molecule is CCCCCCCCCCCCCCCCCCCCCCC[CH]OCCCC. The van der Waals surface area contributed by atoms with Gasteiger partial charge in [-0.1, -0.05) is 155 Å². The first-order valence-electron chi connectivity index (χ1n) is 13.8. The lowest BCUT2D eigenvalue weighted by Crippen LogP contribution is -1.91. The van der Waals surface area contributed by atoms with Gasteiger partial charge in [-0.05, 0) is 12.8 Å². The summed E-state index contributed by atoms with van der Waals surface area (Å²) in [5.74, 6) is 0. The molecule has 0 amide bonds. The molecule has 0 aliphatic rings. The Morgan fingerprint density at radius 1 is 0.379 bits per heavy atom. The third-order valence-corrected chi connectivity index (χ3v) is 6.16. The van der Waals surface area contributed by atoms with Crippen molar-refractivity contribution >= 4 is 0 Å². The van der Waals surface area contributed by atoms with Crippen molar-refractivity contribution in [2.45, 2.75) is 168 Å². The second kappa shape index (κ2) is 28.0. The monoisotopic (exact) mass is 409 g/mol. The van der Waals surface area contributed by atoms with Crippen LogP contribution in [0.3, 0.4) is 0 Å². The summed E-state index contributed by atoms with van der Waals surface area (Å²) in [6.07, 6.45) is 34.0. The van der Waals surface area contributed by atoms with Gasteiger partial charge in [-0.2, -0.15) is 0 Å². The molecule has 29 heavy (non-hydrogen) atoms. The third-order valence-electron chi connectivity index (χ3n) is 6.16. The topological polar surface area (TPSA) is 9.23 Å². The normalized spacial score (nSPS) is 11.4. The minimum Gasteiger partial charge on any atom is -0.376 e. The molecule has 0 fully saturated rings. The molecule has 1 nitrogen and oxygen atoms in total. The predicted octanol–water partition coefficient (Wildman–Crippen LogP) is 10.6. The number of hydrogen-bond acceptors (Lipinski definition) is 1. The summed E-state index contributed by atoms with van der Waals surface area (Å²) in [4.78, 5) is 0. The molecule has 0 N–H and O–H groups in total. The van der Waals surface area contributed by atoms with E-state index < -0.39 is 0 Å². The highest BCUT2D eigenvalue weighted by molar-refractivity contribution is 4.54. The lowest BCUT2D eigenvalue weighted by molar-refractivity contribution is 0.185. The number of unbranched alkanes of at least 4 members (excludes halogenated alkanes) is 22. The van der Waals surface area contributed by atoms with Gasteiger partial charge in [0.1, 0.15) is 0 Å². The van der Waals surface area contributed by atoms with E-state index in [1.54, 1.807) is 0 Å². The van der Waals surface area contributed by atoms with E-state index >= 15 is 0 Å². The Kier molecular flexibility index (Phi) is 27.9. The molecule has 1 radical (unpaired) electrons. The van der Waals surface area contributed by atoms with Gasteiger partial charge in [-0.3, -0.25) is 0 Å². The maximum absolute atomic E-state index is 5.49. The van der Waals surface area contributed by atoms with Gasteiger partial charge in [0.25, 0.3) is 0 Å². The van der Waals surface area contributed by atoms with Crippen LogP contribution in [0.15, 0.2) is 0 Å². The highest BCUT2D eigenvalue weighted by Gasteiger charge is 1.96. The molecule has 175 valence electrons. The van der Waals surface area contributed by atoms with Crippen molar-refractivity contribution in [1.82, 2.24) is 0 Å². The van der Waals surface area contributed by atoms with Crippen LogP contribution in [-0.2, 0) is 4.74 Å². The molecule has 1 heteroatoms. The molecule has 0 spiro atoms. The van der Waals surface area contributed by atoms with Crippen LogP contribution in [0.5, 0.6) is 0 Å². The van der Waals surface area contributed by atoms with Crippen LogP contribution >= 0.6 is 0 Å². The highest BCUT2D eigenvalue weighted by Crippen LogP contribution is 2.15. The van der Waals surface area contributed by atoms with E-state index in [0.717, 1.165) is 13.0 Å². The summed E-state index contributed by atoms with van der Waals surface area (Å²) in [5.41, 5.74) is 0. The first-order chi connectivity index (χ1) is 14.4. The van der Waals surface area contributed by atoms with Gasteiger partial charge in [0, 0.05) is 6.61 Å². The van der Waals surface area contributed by atoms with Crippen molar-refractivity contribution in [3.8, 4) is 0 Å². The summed E-state index contributed by atoms with van der Waals surface area (Å²) < 4.78 is 5.49. The Morgan fingerprint density at radius 2 is 0.690 bits per heavy atom. The lowest BCUT2D eigenvalue weighted by atomic mass is 10.0. The molecule has 0 aromatic heterocycles. The second-order valence-corrected chi connectivity index (χ2v) is 9.25. The highest BCUT2D eigenvalue weighted by atomic mass is 16.5. The average Bonchev–Trinajstić information content (AvgIpc) is 2.74. The molecule has 0 bridgehead atoms. The van der Waals surface area contributed by atoms with Crippen LogP contribution in [0, 0.1) is 6.61 Å². The maximum Gasteiger partial charge on any atom is 0.0836 e. The molecule has 0 heterocycles. The van der Waals surface area contributed by atoms with Crippen LogP contribution in [-0.4, -0.2) is 6.61 Å². The van der Waals surface area contributed by atoms with Crippen molar-refractivity contribution in [3.05, 3.63) is 6.61 Å². The van der Waals surface area contributed by atoms with E-state index in [4.69, 9.17) is 4.74 Å². The van der Waals surface area contributed by atoms with Gasteiger partial charge in [0.05, 0.1) is 6.61 Å². The number of rotatable bonds is 26. The fourth-order valence-corrected chi connectivity index (χ4v) is 4.05. The van der Waals surface area contributed by atoms with E-state index in [0.29, 0.717) is 0 Å². The smallest absolute Gasteiger partial charge is 0.0836 e. The fourth-order valence-electron chi connectivity index (χ4n) is 4.05. The van der Waals surface area contributed by atoms with Crippen LogP contribution in [0.4, 0.5) is 0 Å². The zero-order chi connectivity index (χ0) is 21.1.